The molecule has 0 saturated carbocycles. The number of nitrogen functional groups attached to an aromatic ring is 1. The van der Waals surface area contributed by atoms with Gasteiger partial charge in [-0.3, -0.25) is 15.5 Å². The van der Waals surface area contributed by atoms with E-state index in [-0.39, 0.29) is 23.3 Å². The molecule has 3 N–H and O–H groups in total. The lowest BCUT2D eigenvalue weighted by Crippen LogP contribution is -2.10. The van der Waals surface area contributed by atoms with Gasteiger partial charge in [-0.2, -0.15) is 4.98 Å². The molecule has 20 heavy (non-hydrogen) atoms. The first-order valence-corrected chi connectivity index (χ1v) is 5.44. The average molecular weight is 277 g/mol. The SMILES string of the molecule is COc1cc([N+](=O)[O-])ccc1Oc1ccnc(NN)n1. The molecule has 0 amide bonds. The number of nitrogens with two attached hydrogens (primary N) is 1. The van der Waals surface area contributed by atoms with E-state index in [0.29, 0.717) is 5.75 Å². The predicted octanol–water partition coefficient (Wildman–Crippen LogP) is 1.47. The largest absolute Gasteiger partial charge is 0.493 e. The van der Waals surface area contributed by atoms with Crippen LogP contribution in [0.15, 0.2) is 30.5 Å². The maximum Gasteiger partial charge on any atom is 0.273 e. The number of anilines is 1. The highest BCUT2D eigenvalue weighted by Crippen LogP contribution is 2.33. The van der Waals surface area contributed by atoms with Crippen LogP contribution in [0.3, 0.4) is 0 Å². The summed E-state index contributed by atoms with van der Waals surface area (Å²) in [5.41, 5.74) is 2.19. The average Bonchev–Trinajstić information content (AvgIpc) is 2.47. The van der Waals surface area contributed by atoms with E-state index in [0.717, 1.165) is 0 Å². The first-order chi connectivity index (χ1) is 9.63. The molecular weight excluding hydrogens is 266 g/mol. The predicted molar refractivity (Wildman–Crippen MR) is 69.6 cm³/mol. The van der Waals surface area contributed by atoms with Crippen molar-refractivity contribution in [2.75, 3.05) is 12.5 Å². The second-order valence-electron chi connectivity index (χ2n) is 3.56. The van der Waals surface area contributed by atoms with Crippen molar-refractivity contribution >= 4 is 11.6 Å². The minimum atomic E-state index is -0.520. The number of methoxy groups -OCH3 is 1. The van der Waals surface area contributed by atoms with Crippen LogP contribution in [0.1, 0.15) is 0 Å². The molecule has 2 rings (SSSR count). The zero-order valence-electron chi connectivity index (χ0n) is 10.4. The van der Waals surface area contributed by atoms with Gasteiger partial charge in [-0.25, -0.2) is 10.8 Å². The summed E-state index contributed by atoms with van der Waals surface area (Å²) < 4.78 is 10.5. The van der Waals surface area contributed by atoms with E-state index in [1.165, 1.54) is 37.6 Å². The van der Waals surface area contributed by atoms with Crippen molar-refractivity contribution in [3.63, 3.8) is 0 Å². The lowest BCUT2D eigenvalue weighted by atomic mass is 10.3. The topological polar surface area (TPSA) is 125 Å². The molecule has 1 aromatic heterocycles. The summed E-state index contributed by atoms with van der Waals surface area (Å²) in [6.45, 7) is 0. The van der Waals surface area contributed by atoms with Crippen LogP contribution in [0, 0.1) is 10.1 Å². The van der Waals surface area contributed by atoms with Gasteiger partial charge in [0.15, 0.2) is 11.5 Å². The number of non-ortho nitro benzene ring substituents is 1. The van der Waals surface area contributed by atoms with E-state index in [9.17, 15) is 10.1 Å². The van der Waals surface area contributed by atoms with Gasteiger partial charge in [-0.1, -0.05) is 0 Å². The van der Waals surface area contributed by atoms with E-state index in [2.05, 4.69) is 15.4 Å². The van der Waals surface area contributed by atoms with E-state index in [4.69, 9.17) is 15.3 Å². The molecule has 0 spiro atoms. The Balaban J connectivity index is 2.30. The molecule has 1 heterocycles. The standard InChI is InChI=1S/C11H11N5O4/c1-19-9-6-7(16(17)18)2-3-8(9)20-10-4-5-13-11(14-10)15-12/h2-6H,12H2,1H3,(H,13,14,15). The third-order valence-corrected chi connectivity index (χ3v) is 2.33. The van der Waals surface area contributed by atoms with Gasteiger partial charge in [0.25, 0.3) is 5.69 Å². The highest BCUT2D eigenvalue weighted by molar-refractivity contribution is 5.49. The number of nitrogens with one attached hydrogen (secondary N) is 1. The van der Waals surface area contributed by atoms with Gasteiger partial charge < -0.3 is 9.47 Å². The minimum absolute atomic E-state index is 0.0961. The number of ether oxygens (including phenoxy) is 2. The fraction of sp³-hybridized carbons (Fsp3) is 0.0909. The van der Waals surface area contributed by atoms with Gasteiger partial charge >= 0.3 is 0 Å². The maximum atomic E-state index is 10.7. The van der Waals surface area contributed by atoms with Crippen LogP contribution in [0.5, 0.6) is 17.4 Å². The summed E-state index contributed by atoms with van der Waals surface area (Å²) in [7, 11) is 1.39. The molecule has 104 valence electrons. The van der Waals surface area contributed by atoms with Crippen molar-refractivity contribution in [3.8, 4) is 17.4 Å². The lowest BCUT2D eigenvalue weighted by molar-refractivity contribution is -0.384. The lowest BCUT2D eigenvalue weighted by Gasteiger charge is -2.09. The van der Waals surface area contributed by atoms with E-state index < -0.39 is 4.92 Å². The molecule has 0 aliphatic rings. The highest BCUT2D eigenvalue weighted by atomic mass is 16.6. The molecule has 0 fully saturated rings. The number of aromatic nitrogens is 2. The number of nitrogens with zero attached hydrogens (tertiary/aromatic N) is 3. The van der Waals surface area contributed by atoms with Crippen molar-refractivity contribution < 1.29 is 14.4 Å². The monoisotopic (exact) mass is 277 g/mol. The summed E-state index contributed by atoms with van der Waals surface area (Å²) in [5.74, 6) is 6.11. The van der Waals surface area contributed by atoms with Gasteiger partial charge in [-0.05, 0) is 6.07 Å². The van der Waals surface area contributed by atoms with E-state index in [1.807, 2.05) is 0 Å². The molecule has 9 nitrogen and oxygen atoms in total. The van der Waals surface area contributed by atoms with Crippen molar-refractivity contribution in [2.45, 2.75) is 0 Å². The number of hydrogen-bond acceptors (Lipinski definition) is 8. The summed E-state index contributed by atoms with van der Waals surface area (Å²) >= 11 is 0. The van der Waals surface area contributed by atoms with E-state index >= 15 is 0 Å². The molecule has 0 radical (unpaired) electrons. The second-order valence-corrected chi connectivity index (χ2v) is 3.56. The molecule has 2 aromatic rings. The van der Waals surface area contributed by atoms with Gasteiger partial charge in [0, 0.05) is 18.3 Å². The molecule has 0 atom stereocenters. The third-order valence-electron chi connectivity index (χ3n) is 2.33. The van der Waals surface area contributed by atoms with Crippen molar-refractivity contribution in [1.29, 1.82) is 0 Å². The molecule has 0 unspecified atom stereocenters. The Morgan fingerprint density at radius 2 is 2.15 bits per heavy atom. The first-order valence-electron chi connectivity index (χ1n) is 5.44. The van der Waals surface area contributed by atoms with Crippen LogP contribution in [0.25, 0.3) is 0 Å². The molecular formula is C11H11N5O4. The van der Waals surface area contributed by atoms with Gasteiger partial charge in [0.2, 0.25) is 11.8 Å². The first kappa shape index (κ1) is 13.5. The number of nitro benzene ring substituents is 1. The number of nitro groups is 1. The zero-order valence-corrected chi connectivity index (χ0v) is 10.4. The van der Waals surface area contributed by atoms with Crippen LogP contribution < -0.4 is 20.7 Å². The number of benzene rings is 1. The highest BCUT2D eigenvalue weighted by Gasteiger charge is 2.13. The Kier molecular flexibility index (Phi) is 3.91. The fourth-order valence-corrected chi connectivity index (χ4v) is 1.44. The van der Waals surface area contributed by atoms with Crippen molar-refractivity contribution in [3.05, 3.63) is 40.6 Å². The van der Waals surface area contributed by atoms with Gasteiger partial charge in [-0.15, -0.1) is 0 Å². The van der Waals surface area contributed by atoms with Crippen LogP contribution in [-0.2, 0) is 0 Å². The summed E-state index contributed by atoms with van der Waals surface area (Å²) in [5, 5.41) is 10.7. The molecule has 0 aliphatic carbocycles. The van der Waals surface area contributed by atoms with Crippen LogP contribution in [-0.4, -0.2) is 22.0 Å². The van der Waals surface area contributed by atoms with Gasteiger partial charge in [0.05, 0.1) is 18.1 Å². The Hall–Kier alpha value is -2.94. The van der Waals surface area contributed by atoms with Crippen LogP contribution in [0.2, 0.25) is 0 Å². The number of hydrogen-bond donors (Lipinski definition) is 2. The molecule has 1 aromatic carbocycles. The quantitative estimate of drug-likeness (QED) is 0.478. The number of rotatable bonds is 5. The Morgan fingerprint density at radius 1 is 1.35 bits per heavy atom. The normalized spacial score (nSPS) is 9.90. The third kappa shape index (κ3) is 2.90. The van der Waals surface area contributed by atoms with Crippen LogP contribution >= 0.6 is 0 Å². The Morgan fingerprint density at radius 3 is 2.80 bits per heavy atom. The molecule has 9 heteroatoms. The molecule has 0 saturated heterocycles. The fourth-order valence-electron chi connectivity index (χ4n) is 1.44. The molecule has 0 aliphatic heterocycles. The Labute approximate surface area is 113 Å². The summed E-state index contributed by atoms with van der Waals surface area (Å²) in [6, 6.07) is 5.51. The summed E-state index contributed by atoms with van der Waals surface area (Å²) in [6.07, 6.45) is 1.45. The second kappa shape index (κ2) is 5.80. The summed E-state index contributed by atoms with van der Waals surface area (Å²) in [4.78, 5) is 18.0. The van der Waals surface area contributed by atoms with Crippen molar-refractivity contribution in [2.24, 2.45) is 5.84 Å². The maximum absolute atomic E-state index is 10.7. The molecule has 0 bridgehead atoms. The van der Waals surface area contributed by atoms with Crippen molar-refractivity contribution in [1.82, 2.24) is 9.97 Å². The number of hydrazine groups is 1. The van der Waals surface area contributed by atoms with Gasteiger partial charge in [0.1, 0.15) is 0 Å². The minimum Gasteiger partial charge on any atom is -0.493 e. The smallest absolute Gasteiger partial charge is 0.273 e. The Bertz CT molecular complexity index is 634. The zero-order chi connectivity index (χ0) is 14.5. The van der Waals surface area contributed by atoms with Crippen LogP contribution in [0.4, 0.5) is 11.6 Å². The van der Waals surface area contributed by atoms with E-state index in [1.54, 1.807) is 0 Å².